The van der Waals surface area contributed by atoms with Gasteiger partial charge in [-0.25, -0.2) is 0 Å². The molecule has 1 heterocycles. The minimum atomic E-state index is 0.708. The summed E-state index contributed by atoms with van der Waals surface area (Å²) < 4.78 is 1.85. The lowest BCUT2D eigenvalue weighted by Gasteiger charge is -2.04. The van der Waals surface area contributed by atoms with Gasteiger partial charge in [0.15, 0.2) is 0 Å². The molecule has 1 aromatic heterocycles. The Morgan fingerprint density at radius 2 is 1.87 bits per heavy atom. The fourth-order valence-corrected chi connectivity index (χ4v) is 1.81. The molecule has 0 unspecified atom stereocenters. The van der Waals surface area contributed by atoms with E-state index in [0.717, 1.165) is 6.54 Å². The standard InChI is InChI=1S/C12H15N3/c1-9-3-10(2)5-11(4-9)7-15-8-12(13)6-14-15/h3-6,8H,7,13H2,1-2H3. The third-order valence-electron chi connectivity index (χ3n) is 2.28. The summed E-state index contributed by atoms with van der Waals surface area (Å²) in [6.45, 7) is 4.99. The zero-order valence-corrected chi connectivity index (χ0v) is 9.07. The van der Waals surface area contributed by atoms with E-state index in [-0.39, 0.29) is 0 Å². The zero-order valence-electron chi connectivity index (χ0n) is 9.07. The first-order valence-corrected chi connectivity index (χ1v) is 4.98. The first kappa shape index (κ1) is 9.77. The number of benzene rings is 1. The van der Waals surface area contributed by atoms with Crippen molar-refractivity contribution in [3.8, 4) is 0 Å². The van der Waals surface area contributed by atoms with Gasteiger partial charge in [0.2, 0.25) is 0 Å². The summed E-state index contributed by atoms with van der Waals surface area (Å²) in [6, 6.07) is 6.51. The van der Waals surface area contributed by atoms with Crippen molar-refractivity contribution in [2.75, 3.05) is 5.73 Å². The van der Waals surface area contributed by atoms with Gasteiger partial charge in [0.1, 0.15) is 0 Å². The summed E-state index contributed by atoms with van der Waals surface area (Å²) in [5.41, 5.74) is 10.1. The van der Waals surface area contributed by atoms with Crippen LogP contribution in [0.2, 0.25) is 0 Å². The summed E-state index contributed by atoms with van der Waals surface area (Å²) in [7, 11) is 0. The van der Waals surface area contributed by atoms with Crippen LogP contribution in [0.15, 0.2) is 30.6 Å². The topological polar surface area (TPSA) is 43.8 Å². The Bertz CT molecular complexity index is 451. The first-order chi connectivity index (χ1) is 7.13. The van der Waals surface area contributed by atoms with Crippen LogP contribution >= 0.6 is 0 Å². The van der Waals surface area contributed by atoms with Crippen LogP contribution in [0.1, 0.15) is 16.7 Å². The second-order valence-corrected chi connectivity index (χ2v) is 3.97. The van der Waals surface area contributed by atoms with Crippen molar-refractivity contribution in [1.82, 2.24) is 9.78 Å². The highest BCUT2D eigenvalue weighted by Crippen LogP contribution is 2.10. The number of anilines is 1. The highest BCUT2D eigenvalue weighted by molar-refractivity contribution is 5.32. The number of nitrogens with zero attached hydrogens (tertiary/aromatic N) is 2. The second-order valence-electron chi connectivity index (χ2n) is 3.97. The van der Waals surface area contributed by atoms with E-state index in [1.807, 2.05) is 10.9 Å². The Morgan fingerprint density at radius 3 is 2.40 bits per heavy atom. The lowest BCUT2D eigenvalue weighted by molar-refractivity contribution is 0.686. The molecular weight excluding hydrogens is 186 g/mol. The SMILES string of the molecule is Cc1cc(C)cc(Cn2cc(N)cn2)c1. The lowest BCUT2D eigenvalue weighted by Crippen LogP contribution is -2.00. The van der Waals surface area contributed by atoms with Gasteiger partial charge in [0, 0.05) is 6.20 Å². The van der Waals surface area contributed by atoms with Gasteiger partial charge in [-0.05, 0) is 19.4 Å². The predicted octanol–water partition coefficient (Wildman–Crippen LogP) is 2.13. The van der Waals surface area contributed by atoms with E-state index in [1.165, 1.54) is 16.7 Å². The van der Waals surface area contributed by atoms with Crippen LogP contribution in [0.25, 0.3) is 0 Å². The average molecular weight is 201 g/mol. The molecule has 0 amide bonds. The van der Waals surface area contributed by atoms with Crippen molar-refractivity contribution in [2.45, 2.75) is 20.4 Å². The fraction of sp³-hybridized carbons (Fsp3) is 0.250. The fourth-order valence-electron chi connectivity index (χ4n) is 1.81. The van der Waals surface area contributed by atoms with E-state index in [1.54, 1.807) is 6.20 Å². The van der Waals surface area contributed by atoms with Gasteiger partial charge in [-0.2, -0.15) is 5.10 Å². The molecule has 3 heteroatoms. The molecule has 2 rings (SSSR count). The second kappa shape index (κ2) is 3.77. The number of hydrogen-bond donors (Lipinski definition) is 1. The highest BCUT2D eigenvalue weighted by atomic mass is 15.3. The number of hydrogen-bond acceptors (Lipinski definition) is 2. The minimum absolute atomic E-state index is 0.708. The molecule has 0 aliphatic rings. The normalized spacial score (nSPS) is 10.5. The van der Waals surface area contributed by atoms with Crippen LogP contribution < -0.4 is 5.73 Å². The van der Waals surface area contributed by atoms with E-state index in [0.29, 0.717) is 5.69 Å². The van der Waals surface area contributed by atoms with Gasteiger partial charge >= 0.3 is 0 Å². The van der Waals surface area contributed by atoms with Crippen molar-refractivity contribution in [3.63, 3.8) is 0 Å². The minimum Gasteiger partial charge on any atom is -0.396 e. The Morgan fingerprint density at radius 1 is 1.20 bits per heavy atom. The zero-order chi connectivity index (χ0) is 10.8. The Kier molecular flexibility index (Phi) is 2.46. The monoisotopic (exact) mass is 201 g/mol. The van der Waals surface area contributed by atoms with E-state index in [2.05, 4.69) is 37.1 Å². The number of nitrogens with two attached hydrogens (primary N) is 1. The third kappa shape index (κ3) is 2.37. The molecule has 0 aliphatic carbocycles. The average Bonchev–Trinajstić information content (AvgIpc) is 2.49. The van der Waals surface area contributed by atoms with Crippen molar-refractivity contribution in [2.24, 2.45) is 0 Å². The van der Waals surface area contributed by atoms with Gasteiger partial charge < -0.3 is 5.73 Å². The maximum atomic E-state index is 5.61. The Labute approximate surface area is 89.5 Å². The maximum absolute atomic E-state index is 5.61. The molecule has 0 fully saturated rings. The summed E-state index contributed by atoms with van der Waals surface area (Å²) in [4.78, 5) is 0. The van der Waals surface area contributed by atoms with Crippen molar-refractivity contribution < 1.29 is 0 Å². The molecule has 0 atom stereocenters. The van der Waals surface area contributed by atoms with Gasteiger partial charge in [-0.3, -0.25) is 4.68 Å². The molecular formula is C12H15N3. The lowest BCUT2D eigenvalue weighted by atomic mass is 10.1. The number of aromatic nitrogens is 2. The van der Waals surface area contributed by atoms with Crippen molar-refractivity contribution in [1.29, 1.82) is 0 Å². The summed E-state index contributed by atoms with van der Waals surface area (Å²) >= 11 is 0. The predicted molar refractivity (Wildman–Crippen MR) is 61.7 cm³/mol. The van der Waals surface area contributed by atoms with E-state index < -0.39 is 0 Å². The van der Waals surface area contributed by atoms with Crippen LogP contribution in [-0.4, -0.2) is 9.78 Å². The van der Waals surface area contributed by atoms with Gasteiger partial charge in [0.05, 0.1) is 18.4 Å². The van der Waals surface area contributed by atoms with Crippen LogP contribution in [-0.2, 0) is 6.54 Å². The quantitative estimate of drug-likeness (QED) is 0.808. The summed E-state index contributed by atoms with van der Waals surface area (Å²) in [5, 5.41) is 4.16. The van der Waals surface area contributed by atoms with Crippen LogP contribution in [0.4, 0.5) is 5.69 Å². The molecule has 0 aliphatic heterocycles. The van der Waals surface area contributed by atoms with Crippen molar-refractivity contribution in [3.05, 3.63) is 47.3 Å². The van der Waals surface area contributed by atoms with Gasteiger partial charge in [-0.1, -0.05) is 29.3 Å². The Hall–Kier alpha value is -1.77. The molecule has 78 valence electrons. The third-order valence-corrected chi connectivity index (χ3v) is 2.28. The van der Waals surface area contributed by atoms with E-state index in [9.17, 15) is 0 Å². The highest BCUT2D eigenvalue weighted by Gasteiger charge is 1.98. The molecule has 0 spiro atoms. The smallest absolute Gasteiger partial charge is 0.0719 e. The first-order valence-electron chi connectivity index (χ1n) is 4.98. The molecule has 0 radical (unpaired) electrons. The molecule has 15 heavy (non-hydrogen) atoms. The number of nitrogen functional groups attached to an aromatic ring is 1. The summed E-state index contributed by atoms with van der Waals surface area (Å²) in [5.74, 6) is 0. The molecule has 0 saturated heterocycles. The van der Waals surface area contributed by atoms with Gasteiger partial charge in [0.25, 0.3) is 0 Å². The molecule has 0 saturated carbocycles. The molecule has 3 nitrogen and oxygen atoms in total. The maximum Gasteiger partial charge on any atom is 0.0719 e. The molecule has 2 aromatic rings. The summed E-state index contributed by atoms with van der Waals surface area (Å²) in [6.07, 6.45) is 3.51. The molecule has 1 aromatic carbocycles. The van der Waals surface area contributed by atoms with E-state index >= 15 is 0 Å². The van der Waals surface area contributed by atoms with E-state index in [4.69, 9.17) is 5.73 Å². The number of rotatable bonds is 2. The Balaban J connectivity index is 2.24. The van der Waals surface area contributed by atoms with Crippen LogP contribution in [0.3, 0.4) is 0 Å². The molecule has 0 bridgehead atoms. The van der Waals surface area contributed by atoms with Crippen molar-refractivity contribution >= 4 is 5.69 Å². The number of aryl methyl sites for hydroxylation is 2. The molecule has 2 N–H and O–H groups in total. The largest absolute Gasteiger partial charge is 0.396 e. The van der Waals surface area contributed by atoms with Crippen LogP contribution in [0.5, 0.6) is 0 Å². The van der Waals surface area contributed by atoms with Gasteiger partial charge in [-0.15, -0.1) is 0 Å². The van der Waals surface area contributed by atoms with Crippen LogP contribution in [0, 0.1) is 13.8 Å².